The van der Waals surface area contributed by atoms with Gasteiger partial charge in [-0.3, -0.25) is 0 Å². The smallest absolute Gasteiger partial charge is 0.399 e. The van der Waals surface area contributed by atoms with Crippen molar-refractivity contribution < 1.29 is 18.6 Å². The van der Waals surface area contributed by atoms with Gasteiger partial charge in [0.25, 0.3) is 0 Å². The van der Waals surface area contributed by atoms with E-state index >= 15 is 0 Å². The van der Waals surface area contributed by atoms with E-state index in [1.54, 1.807) is 0 Å². The molecule has 2 fully saturated rings. The van der Waals surface area contributed by atoms with E-state index < -0.39 is 0 Å². The molecule has 6 heteroatoms. The fourth-order valence-electron chi connectivity index (χ4n) is 7.11. The molecule has 6 aromatic rings. The number of rotatable bonds is 6. The Morgan fingerprint density at radius 2 is 0.558 bits per heavy atom. The average Bonchev–Trinajstić information content (AvgIpc) is 3.50. The standard InChI is InChI=1S/C46H46B2O4/c1-43(2)44(3,4)50-47(49-43)37-25-21-33(22-26-37)31-13-17-35(18-14-31)39-29-30-40(42-12-10-9-11-41(39)42)36-19-15-32(16-20-36)34-23-27-38(28-24-34)48-51-45(5,6)46(7,8)52-48/h9-30H,1-8H3. The van der Waals surface area contributed by atoms with Crippen molar-refractivity contribution in [2.75, 3.05) is 0 Å². The summed E-state index contributed by atoms with van der Waals surface area (Å²) in [7, 11) is -0.718. The van der Waals surface area contributed by atoms with Crippen LogP contribution in [0.5, 0.6) is 0 Å². The van der Waals surface area contributed by atoms with Crippen LogP contribution in [-0.2, 0) is 18.6 Å². The summed E-state index contributed by atoms with van der Waals surface area (Å²) in [5, 5.41) is 2.48. The third kappa shape index (κ3) is 6.12. The van der Waals surface area contributed by atoms with Gasteiger partial charge in [-0.1, -0.05) is 133 Å². The van der Waals surface area contributed by atoms with Crippen LogP contribution in [0.4, 0.5) is 0 Å². The fourth-order valence-corrected chi connectivity index (χ4v) is 7.11. The summed E-state index contributed by atoms with van der Waals surface area (Å²) >= 11 is 0. The van der Waals surface area contributed by atoms with E-state index in [0.717, 1.165) is 22.1 Å². The Kier molecular flexibility index (Phi) is 8.39. The zero-order valence-electron chi connectivity index (χ0n) is 31.5. The minimum atomic E-state index is -0.359. The van der Waals surface area contributed by atoms with E-state index in [0.29, 0.717) is 0 Å². The molecular weight excluding hydrogens is 638 g/mol. The van der Waals surface area contributed by atoms with Crippen molar-refractivity contribution in [3.05, 3.63) is 133 Å². The van der Waals surface area contributed by atoms with Crippen molar-refractivity contribution in [1.82, 2.24) is 0 Å². The van der Waals surface area contributed by atoms with Crippen molar-refractivity contribution in [3.63, 3.8) is 0 Å². The first-order chi connectivity index (χ1) is 24.7. The van der Waals surface area contributed by atoms with Gasteiger partial charge < -0.3 is 18.6 Å². The van der Waals surface area contributed by atoms with E-state index in [1.807, 2.05) is 0 Å². The van der Waals surface area contributed by atoms with Crippen LogP contribution < -0.4 is 10.9 Å². The summed E-state index contributed by atoms with van der Waals surface area (Å²) in [5.41, 5.74) is 10.2. The molecule has 2 aliphatic rings. The molecule has 0 amide bonds. The van der Waals surface area contributed by atoms with E-state index in [9.17, 15) is 0 Å². The molecule has 0 aromatic heterocycles. The molecule has 260 valence electrons. The maximum Gasteiger partial charge on any atom is 0.494 e. The summed E-state index contributed by atoms with van der Waals surface area (Å²) in [4.78, 5) is 0. The highest BCUT2D eigenvalue weighted by atomic mass is 16.7. The minimum absolute atomic E-state index is 0.357. The maximum atomic E-state index is 6.25. The Balaban J connectivity index is 1.00. The predicted molar refractivity (Wildman–Crippen MR) is 217 cm³/mol. The van der Waals surface area contributed by atoms with Crippen LogP contribution in [0.25, 0.3) is 55.3 Å². The first-order valence-corrected chi connectivity index (χ1v) is 18.4. The summed E-state index contributed by atoms with van der Waals surface area (Å²) in [5.74, 6) is 0. The highest BCUT2D eigenvalue weighted by molar-refractivity contribution is 6.62. The molecule has 8 rings (SSSR count). The van der Waals surface area contributed by atoms with Crippen LogP contribution >= 0.6 is 0 Å². The molecule has 2 aliphatic heterocycles. The van der Waals surface area contributed by atoms with Crippen LogP contribution in [0.2, 0.25) is 0 Å². The summed E-state index contributed by atoms with van der Waals surface area (Å²) in [6.45, 7) is 16.7. The van der Waals surface area contributed by atoms with E-state index in [4.69, 9.17) is 18.6 Å². The molecule has 0 radical (unpaired) electrons. The second-order valence-corrected chi connectivity index (χ2v) is 16.3. The lowest BCUT2D eigenvalue weighted by Crippen LogP contribution is -2.41. The molecule has 2 saturated heterocycles. The number of benzene rings is 6. The molecule has 0 N–H and O–H groups in total. The van der Waals surface area contributed by atoms with E-state index in [1.165, 1.54) is 44.2 Å². The largest absolute Gasteiger partial charge is 0.494 e. The Morgan fingerprint density at radius 1 is 0.308 bits per heavy atom. The second kappa shape index (κ2) is 12.6. The molecule has 0 spiro atoms. The fraction of sp³-hybridized carbons (Fsp3) is 0.261. The van der Waals surface area contributed by atoms with Gasteiger partial charge in [0.1, 0.15) is 0 Å². The van der Waals surface area contributed by atoms with Crippen LogP contribution in [0.15, 0.2) is 133 Å². The Bertz CT molecular complexity index is 2040. The summed E-state index contributed by atoms with van der Waals surface area (Å²) in [6.07, 6.45) is 0. The number of fused-ring (bicyclic) bond motifs is 1. The zero-order chi connectivity index (χ0) is 36.5. The van der Waals surface area contributed by atoms with Gasteiger partial charge in [-0.25, -0.2) is 0 Å². The van der Waals surface area contributed by atoms with Crippen LogP contribution in [0.1, 0.15) is 55.4 Å². The van der Waals surface area contributed by atoms with Gasteiger partial charge in [-0.2, -0.15) is 0 Å². The topological polar surface area (TPSA) is 36.9 Å². The molecule has 4 nitrogen and oxygen atoms in total. The monoisotopic (exact) mass is 684 g/mol. The minimum Gasteiger partial charge on any atom is -0.399 e. The lowest BCUT2D eigenvalue weighted by molar-refractivity contribution is 0.00578. The first kappa shape index (κ1) is 34.6. The van der Waals surface area contributed by atoms with Gasteiger partial charge in [-0.15, -0.1) is 0 Å². The molecule has 6 aromatic carbocycles. The highest BCUT2D eigenvalue weighted by Crippen LogP contribution is 2.39. The summed E-state index contributed by atoms with van der Waals surface area (Å²) < 4.78 is 25.0. The molecule has 0 aliphatic carbocycles. The quantitative estimate of drug-likeness (QED) is 0.164. The number of hydrogen-bond acceptors (Lipinski definition) is 4. The Morgan fingerprint density at radius 3 is 0.846 bits per heavy atom. The Hall–Kier alpha value is -4.45. The normalized spacial score (nSPS) is 18.6. The van der Waals surface area contributed by atoms with Crippen molar-refractivity contribution >= 4 is 35.9 Å². The van der Waals surface area contributed by atoms with Crippen molar-refractivity contribution in [2.24, 2.45) is 0 Å². The van der Waals surface area contributed by atoms with Crippen LogP contribution in [-0.4, -0.2) is 36.6 Å². The number of hydrogen-bond donors (Lipinski definition) is 0. The predicted octanol–water partition coefficient (Wildman–Crippen LogP) is 10.1. The van der Waals surface area contributed by atoms with Crippen LogP contribution in [0.3, 0.4) is 0 Å². The highest BCUT2D eigenvalue weighted by Gasteiger charge is 2.52. The van der Waals surface area contributed by atoms with Gasteiger partial charge in [0, 0.05) is 0 Å². The van der Waals surface area contributed by atoms with Crippen LogP contribution in [0, 0.1) is 0 Å². The van der Waals surface area contributed by atoms with Gasteiger partial charge in [-0.05, 0) is 122 Å². The molecule has 0 saturated carbocycles. The third-order valence-corrected chi connectivity index (χ3v) is 11.9. The molecule has 0 atom stereocenters. The first-order valence-electron chi connectivity index (χ1n) is 18.4. The zero-order valence-corrected chi connectivity index (χ0v) is 31.5. The van der Waals surface area contributed by atoms with E-state index in [2.05, 4.69) is 189 Å². The maximum absolute atomic E-state index is 6.25. The van der Waals surface area contributed by atoms with E-state index in [-0.39, 0.29) is 36.6 Å². The van der Waals surface area contributed by atoms with Gasteiger partial charge >= 0.3 is 14.2 Å². The van der Waals surface area contributed by atoms with Crippen molar-refractivity contribution in [2.45, 2.75) is 77.8 Å². The second-order valence-electron chi connectivity index (χ2n) is 16.3. The molecular formula is C46H46B2O4. The van der Waals surface area contributed by atoms with Crippen molar-refractivity contribution in [3.8, 4) is 44.5 Å². The Labute approximate surface area is 309 Å². The lowest BCUT2D eigenvalue weighted by atomic mass is 9.78. The van der Waals surface area contributed by atoms with Gasteiger partial charge in [0.15, 0.2) is 0 Å². The molecule has 52 heavy (non-hydrogen) atoms. The molecule has 2 heterocycles. The third-order valence-electron chi connectivity index (χ3n) is 11.9. The average molecular weight is 684 g/mol. The SMILES string of the molecule is CC1(C)OB(c2ccc(-c3ccc(-c4ccc(-c5ccc(-c6ccc(B7OC(C)(C)C(C)(C)O7)cc6)cc5)c5ccccc45)cc3)cc2)OC1(C)C. The molecule has 0 unspecified atom stereocenters. The van der Waals surface area contributed by atoms with Crippen molar-refractivity contribution in [1.29, 1.82) is 0 Å². The lowest BCUT2D eigenvalue weighted by Gasteiger charge is -2.32. The van der Waals surface area contributed by atoms with Gasteiger partial charge in [0.05, 0.1) is 22.4 Å². The summed E-state index contributed by atoms with van der Waals surface area (Å²) in [6, 6.07) is 48.1. The molecule has 0 bridgehead atoms. The van der Waals surface area contributed by atoms with Gasteiger partial charge in [0.2, 0.25) is 0 Å².